The van der Waals surface area contributed by atoms with Crippen LogP contribution < -0.4 is 10.6 Å². The van der Waals surface area contributed by atoms with Gasteiger partial charge in [-0.3, -0.25) is 0 Å². The molecule has 0 bridgehead atoms. The molecule has 0 amide bonds. The van der Waals surface area contributed by atoms with Gasteiger partial charge in [-0.05, 0) is 19.3 Å². The van der Waals surface area contributed by atoms with E-state index in [2.05, 4.69) is 20.6 Å². The third-order valence-electron chi connectivity index (χ3n) is 3.03. The second kappa shape index (κ2) is 7.91. The summed E-state index contributed by atoms with van der Waals surface area (Å²) in [4.78, 5) is 8.38. The first-order valence-electron chi connectivity index (χ1n) is 6.79. The molecule has 0 aromatic carbocycles. The Labute approximate surface area is 113 Å². The Morgan fingerprint density at radius 3 is 2.95 bits per heavy atom. The zero-order valence-electron chi connectivity index (χ0n) is 11.4. The summed E-state index contributed by atoms with van der Waals surface area (Å²) >= 11 is 0. The second-order valence-electron chi connectivity index (χ2n) is 4.58. The van der Waals surface area contributed by atoms with Gasteiger partial charge in [-0.15, -0.1) is 0 Å². The lowest BCUT2D eigenvalue weighted by Gasteiger charge is -2.12. The van der Waals surface area contributed by atoms with E-state index in [0.29, 0.717) is 6.10 Å². The van der Waals surface area contributed by atoms with Gasteiger partial charge >= 0.3 is 0 Å². The Morgan fingerprint density at radius 2 is 2.21 bits per heavy atom. The third-order valence-corrected chi connectivity index (χ3v) is 3.03. The van der Waals surface area contributed by atoms with Crippen LogP contribution in [0, 0.1) is 0 Å². The van der Waals surface area contributed by atoms with E-state index in [0.717, 1.165) is 57.2 Å². The number of rotatable bonds is 8. The average molecular weight is 266 g/mol. The van der Waals surface area contributed by atoms with Gasteiger partial charge < -0.3 is 20.1 Å². The molecule has 1 saturated heterocycles. The molecule has 1 aliphatic rings. The second-order valence-corrected chi connectivity index (χ2v) is 4.58. The number of nitrogens with one attached hydrogen (secondary N) is 2. The molecule has 1 aromatic rings. The Morgan fingerprint density at radius 1 is 1.37 bits per heavy atom. The van der Waals surface area contributed by atoms with Crippen LogP contribution in [0.4, 0.5) is 11.6 Å². The molecule has 1 aromatic heterocycles. The standard InChI is InChI=1S/C13H22N4O2/c1-18-6-3-5-14-12-8-13(17-10-16-12)15-9-11-4-2-7-19-11/h8,10-11H,2-7,9H2,1H3,(H2,14,15,16,17). The fourth-order valence-corrected chi connectivity index (χ4v) is 2.01. The molecule has 19 heavy (non-hydrogen) atoms. The van der Waals surface area contributed by atoms with E-state index in [1.54, 1.807) is 13.4 Å². The number of hydrogen-bond acceptors (Lipinski definition) is 6. The minimum absolute atomic E-state index is 0.313. The summed E-state index contributed by atoms with van der Waals surface area (Å²) in [5.41, 5.74) is 0. The third kappa shape index (κ3) is 5.00. The van der Waals surface area contributed by atoms with Gasteiger partial charge in [0.05, 0.1) is 6.10 Å². The van der Waals surface area contributed by atoms with E-state index in [-0.39, 0.29) is 0 Å². The molecule has 0 spiro atoms. The van der Waals surface area contributed by atoms with Crippen LogP contribution in [0.3, 0.4) is 0 Å². The van der Waals surface area contributed by atoms with Crippen LogP contribution in [-0.4, -0.2) is 49.5 Å². The molecular weight excluding hydrogens is 244 g/mol. The average Bonchev–Trinajstić information content (AvgIpc) is 2.95. The van der Waals surface area contributed by atoms with Gasteiger partial charge in [-0.25, -0.2) is 9.97 Å². The highest BCUT2D eigenvalue weighted by Gasteiger charge is 2.14. The SMILES string of the molecule is COCCCNc1cc(NCC2CCCO2)ncn1. The predicted octanol–water partition coefficient (Wildman–Crippen LogP) is 1.52. The van der Waals surface area contributed by atoms with Gasteiger partial charge in [-0.1, -0.05) is 0 Å². The quantitative estimate of drug-likeness (QED) is 0.695. The van der Waals surface area contributed by atoms with Crippen LogP contribution in [0.25, 0.3) is 0 Å². The van der Waals surface area contributed by atoms with Crippen LogP contribution in [-0.2, 0) is 9.47 Å². The van der Waals surface area contributed by atoms with Crippen molar-refractivity contribution in [3.63, 3.8) is 0 Å². The Balaban J connectivity index is 1.74. The molecule has 2 heterocycles. The van der Waals surface area contributed by atoms with Crippen molar-refractivity contribution in [3.8, 4) is 0 Å². The monoisotopic (exact) mass is 266 g/mol. The van der Waals surface area contributed by atoms with Crippen LogP contribution in [0.5, 0.6) is 0 Å². The van der Waals surface area contributed by atoms with Gasteiger partial charge in [0, 0.05) is 39.5 Å². The van der Waals surface area contributed by atoms with Gasteiger partial charge in [-0.2, -0.15) is 0 Å². The zero-order chi connectivity index (χ0) is 13.3. The molecule has 6 nitrogen and oxygen atoms in total. The van der Waals surface area contributed by atoms with Gasteiger partial charge in [0.1, 0.15) is 18.0 Å². The minimum Gasteiger partial charge on any atom is -0.385 e. The first kappa shape index (κ1) is 14.0. The van der Waals surface area contributed by atoms with Crippen molar-refractivity contribution in [3.05, 3.63) is 12.4 Å². The first-order chi connectivity index (χ1) is 9.38. The number of ether oxygens (including phenoxy) is 2. The van der Waals surface area contributed by atoms with Crippen molar-refractivity contribution in [2.24, 2.45) is 0 Å². The van der Waals surface area contributed by atoms with E-state index in [4.69, 9.17) is 9.47 Å². The van der Waals surface area contributed by atoms with E-state index < -0.39 is 0 Å². The lowest BCUT2D eigenvalue weighted by Crippen LogP contribution is -2.19. The largest absolute Gasteiger partial charge is 0.385 e. The molecule has 2 rings (SSSR count). The van der Waals surface area contributed by atoms with Crippen LogP contribution in [0.1, 0.15) is 19.3 Å². The Kier molecular flexibility index (Phi) is 5.84. The fraction of sp³-hybridized carbons (Fsp3) is 0.692. The van der Waals surface area contributed by atoms with Crippen molar-refractivity contribution >= 4 is 11.6 Å². The molecule has 1 aliphatic heterocycles. The highest BCUT2D eigenvalue weighted by molar-refractivity contribution is 5.46. The maximum Gasteiger partial charge on any atom is 0.131 e. The van der Waals surface area contributed by atoms with E-state index >= 15 is 0 Å². The molecule has 0 radical (unpaired) electrons. The molecule has 106 valence electrons. The number of methoxy groups -OCH3 is 1. The number of hydrogen-bond donors (Lipinski definition) is 2. The van der Waals surface area contributed by atoms with Crippen LogP contribution in [0.2, 0.25) is 0 Å². The fourth-order valence-electron chi connectivity index (χ4n) is 2.01. The predicted molar refractivity (Wildman–Crippen MR) is 74.5 cm³/mol. The summed E-state index contributed by atoms with van der Waals surface area (Å²) in [6.45, 7) is 3.28. The lowest BCUT2D eigenvalue weighted by atomic mass is 10.2. The molecule has 0 saturated carbocycles. The van der Waals surface area contributed by atoms with E-state index in [1.165, 1.54) is 0 Å². The molecule has 1 atom stereocenters. The summed E-state index contributed by atoms with van der Waals surface area (Å²) in [5, 5.41) is 6.53. The lowest BCUT2D eigenvalue weighted by molar-refractivity contribution is 0.120. The van der Waals surface area contributed by atoms with Crippen molar-refractivity contribution in [2.45, 2.75) is 25.4 Å². The molecule has 1 fully saturated rings. The zero-order valence-corrected chi connectivity index (χ0v) is 11.4. The summed E-state index contributed by atoms with van der Waals surface area (Å²) in [5.74, 6) is 1.67. The van der Waals surface area contributed by atoms with Crippen molar-refractivity contribution in [1.82, 2.24) is 9.97 Å². The van der Waals surface area contributed by atoms with Crippen molar-refractivity contribution < 1.29 is 9.47 Å². The summed E-state index contributed by atoms with van der Waals surface area (Å²) < 4.78 is 10.6. The van der Waals surface area contributed by atoms with Crippen LogP contribution >= 0.6 is 0 Å². The first-order valence-corrected chi connectivity index (χ1v) is 6.79. The molecule has 2 N–H and O–H groups in total. The number of nitrogens with zero attached hydrogens (tertiary/aromatic N) is 2. The number of aromatic nitrogens is 2. The topological polar surface area (TPSA) is 68.3 Å². The maximum absolute atomic E-state index is 5.56. The summed E-state index contributed by atoms with van der Waals surface area (Å²) in [6, 6.07) is 1.92. The maximum atomic E-state index is 5.56. The summed E-state index contributed by atoms with van der Waals surface area (Å²) in [6.07, 6.45) is 5.12. The highest BCUT2D eigenvalue weighted by Crippen LogP contribution is 2.14. The van der Waals surface area contributed by atoms with Crippen LogP contribution in [0.15, 0.2) is 12.4 Å². The smallest absolute Gasteiger partial charge is 0.131 e. The molecule has 0 aliphatic carbocycles. The molecular formula is C13H22N4O2. The van der Waals surface area contributed by atoms with Crippen molar-refractivity contribution in [2.75, 3.05) is 44.0 Å². The Hall–Kier alpha value is -1.40. The van der Waals surface area contributed by atoms with Gasteiger partial charge in [0.25, 0.3) is 0 Å². The summed E-state index contributed by atoms with van der Waals surface area (Å²) in [7, 11) is 1.71. The van der Waals surface area contributed by atoms with E-state index in [9.17, 15) is 0 Å². The highest BCUT2D eigenvalue weighted by atomic mass is 16.5. The Bertz CT molecular complexity index is 369. The van der Waals surface area contributed by atoms with Crippen molar-refractivity contribution in [1.29, 1.82) is 0 Å². The number of anilines is 2. The van der Waals surface area contributed by atoms with Gasteiger partial charge in [0.2, 0.25) is 0 Å². The van der Waals surface area contributed by atoms with E-state index in [1.807, 2.05) is 6.07 Å². The minimum atomic E-state index is 0.313. The van der Waals surface area contributed by atoms with Gasteiger partial charge in [0.15, 0.2) is 0 Å². The molecule has 1 unspecified atom stereocenters. The normalized spacial score (nSPS) is 18.5. The molecule has 6 heteroatoms.